The zero-order valence-corrected chi connectivity index (χ0v) is 10.1. The Hall–Kier alpha value is -0.980. The summed E-state index contributed by atoms with van der Waals surface area (Å²) in [6.45, 7) is 3.27. The van der Waals surface area contributed by atoms with Gasteiger partial charge < -0.3 is 20.1 Å². The first kappa shape index (κ1) is 12.5. The number of aromatic nitrogens is 2. The topological polar surface area (TPSA) is 94.4 Å². The molecule has 3 N–H and O–H groups in total. The Labute approximate surface area is 100 Å². The molecule has 17 heavy (non-hydrogen) atoms. The maximum Gasteiger partial charge on any atom is 0.229 e. The summed E-state index contributed by atoms with van der Waals surface area (Å²) in [5, 5.41) is 13.8. The van der Waals surface area contributed by atoms with Crippen molar-refractivity contribution in [1.82, 2.24) is 10.1 Å². The van der Waals surface area contributed by atoms with Crippen LogP contribution in [0.3, 0.4) is 0 Å². The van der Waals surface area contributed by atoms with Gasteiger partial charge in [-0.05, 0) is 19.8 Å². The molecule has 6 heteroatoms. The zero-order valence-electron chi connectivity index (χ0n) is 10.1. The van der Waals surface area contributed by atoms with E-state index in [9.17, 15) is 5.11 Å². The summed E-state index contributed by atoms with van der Waals surface area (Å²) in [5.74, 6) is 1.32. The Kier molecular flexibility index (Phi) is 3.76. The van der Waals surface area contributed by atoms with Gasteiger partial charge in [-0.15, -0.1) is 0 Å². The fraction of sp³-hybridized carbons (Fsp3) is 0.818. The summed E-state index contributed by atoms with van der Waals surface area (Å²) in [5.41, 5.74) is 4.45. The van der Waals surface area contributed by atoms with Crippen LogP contribution in [0.25, 0.3) is 0 Å². The Morgan fingerprint density at radius 3 is 3.06 bits per heavy atom. The molecule has 1 aliphatic heterocycles. The highest BCUT2D eigenvalue weighted by Crippen LogP contribution is 2.23. The number of hydrogen-bond donors (Lipinski definition) is 2. The van der Waals surface area contributed by atoms with Gasteiger partial charge in [-0.3, -0.25) is 0 Å². The molecule has 0 aromatic carbocycles. The van der Waals surface area contributed by atoms with Crippen LogP contribution in [0.4, 0.5) is 0 Å². The average Bonchev–Trinajstić information content (AvgIpc) is 2.78. The molecular formula is C11H19N3O3. The Morgan fingerprint density at radius 1 is 1.59 bits per heavy atom. The summed E-state index contributed by atoms with van der Waals surface area (Å²) >= 11 is 0. The molecule has 0 aliphatic carbocycles. The molecule has 96 valence electrons. The van der Waals surface area contributed by atoms with Gasteiger partial charge in [-0.1, -0.05) is 5.16 Å². The van der Waals surface area contributed by atoms with Crippen LogP contribution in [-0.4, -0.2) is 40.6 Å². The van der Waals surface area contributed by atoms with Crippen molar-refractivity contribution in [3.8, 4) is 0 Å². The number of ether oxygens (including phenoxy) is 1. The van der Waals surface area contributed by atoms with Crippen molar-refractivity contribution in [1.29, 1.82) is 0 Å². The largest absolute Gasteiger partial charge is 0.388 e. The predicted molar refractivity (Wildman–Crippen MR) is 60.5 cm³/mol. The molecule has 0 radical (unpaired) electrons. The lowest BCUT2D eigenvalue weighted by Crippen LogP contribution is -2.36. The number of nitrogens with two attached hydrogens (primary N) is 1. The molecule has 0 spiro atoms. The Balaban J connectivity index is 2.00. The minimum absolute atomic E-state index is 0.164. The van der Waals surface area contributed by atoms with Gasteiger partial charge in [0.1, 0.15) is 0 Å². The Morgan fingerprint density at radius 2 is 2.41 bits per heavy atom. The summed E-state index contributed by atoms with van der Waals surface area (Å²) in [4.78, 5) is 4.29. The monoisotopic (exact) mass is 241 g/mol. The SMILES string of the molecule is CC(O)(CN)Cc1nc(C2CCCOC2)no1. The van der Waals surface area contributed by atoms with Gasteiger partial charge in [0.2, 0.25) is 5.89 Å². The molecule has 0 bridgehead atoms. The van der Waals surface area contributed by atoms with E-state index in [0.717, 1.165) is 19.4 Å². The quantitative estimate of drug-likeness (QED) is 0.783. The van der Waals surface area contributed by atoms with Gasteiger partial charge in [0.05, 0.1) is 18.6 Å². The Bertz CT molecular complexity index is 359. The number of nitrogens with zero attached hydrogens (tertiary/aromatic N) is 2. The molecule has 2 rings (SSSR count). The summed E-state index contributed by atoms with van der Waals surface area (Å²) < 4.78 is 10.5. The standard InChI is InChI=1S/C11H19N3O3/c1-11(15,7-12)5-9-13-10(14-17-9)8-3-2-4-16-6-8/h8,15H,2-7,12H2,1H3. The van der Waals surface area contributed by atoms with E-state index in [1.807, 2.05) is 0 Å². The molecule has 6 nitrogen and oxygen atoms in total. The van der Waals surface area contributed by atoms with E-state index in [1.165, 1.54) is 0 Å². The lowest BCUT2D eigenvalue weighted by molar-refractivity contribution is 0.0610. The molecule has 2 unspecified atom stereocenters. The molecule has 1 fully saturated rings. The fourth-order valence-electron chi connectivity index (χ4n) is 1.85. The van der Waals surface area contributed by atoms with E-state index in [-0.39, 0.29) is 18.9 Å². The zero-order chi connectivity index (χ0) is 12.3. The summed E-state index contributed by atoms with van der Waals surface area (Å²) in [7, 11) is 0. The smallest absolute Gasteiger partial charge is 0.229 e. The van der Waals surface area contributed by atoms with Crippen LogP contribution in [0.1, 0.15) is 37.4 Å². The lowest BCUT2D eigenvalue weighted by atomic mass is 10.0. The normalized spacial score (nSPS) is 24.5. The second-order valence-electron chi connectivity index (χ2n) is 4.84. The van der Waals surface area contributed by atoms with Crippen LogP contribution in [0.2, 0.25) is 0 Å². The molecule has 1 aromatic rings. The van der Waals surface area contributed by atoms with Gasteiger partial charge in [0, 0.05) is 19.1 Å². The van der Waals surface area contributed by atoms with E-state index in [1.54, 1.807) is 6.92 Å². The highest BCUT2D eigenvalue weighted by atomic mass is 16.5. The van der Waals surface area contributed by atoms with E-state index < -0.39 is 5.60 Å². The average molecular weight is 241 g/mol. The van der Waals surface area contributed by atoms with Crippen LogP contribution < -0.4 is 5.73 Å². The molecule has 1 aliphatic rings. The molecular weight excluding hydrogens is 222 g/mol. The van der Waals surface area contributed by atoms with E-state index in [0.29, 0.717) is 18.3 Å². The van der Waals surface area contributed by atoms with Gasteiger partial charge in [-0.2, -0.15) is 4.98 Å². The third-order valence-electron chi connectivity index (χ3n) is 2.98. The van der Waals surface area contributed by atoms with Gasteiger partial charge >= 0.3 is 0 Å². The van der Waals surface area contributed by atoms with Crippen LogP contribution in [0, 0.1) is 0 Å². The van der Waals surface area contributed by atoms with E-state index in [2.05, 4.69) is 10.1 Å². The fourth-order valence-corrected chi connectivity index (χ4v) is 1.85. The second-order valence-corrected chi connectivity index (χ2v) is 4.84. The minimum Gasteiger partial charge on any atom is -0.388 e. The van der Waals surface area contributed by atoms with Crippen LogP contribution in [0.5, 0.6) is 0 Å². The second kappa shape index (κ2) is 5.12. The molecule has 2 atom stereocenters. The van der Waals surface area contributed by atoms with Crippen molar-refractivity contribution >= 4 is 0 Å². The van der Waals surface area contributed by atoms with Crippen molar-refractivity contribution in [2.24, 2.45) is 5.73 Å². The molecule has 0 amide bonds. The number of rotatable bonds is 4. The molecule has 2 heterocycles. The number of aliphatic hydroxyl groups is 1. The van der Waals surface area contributed by atoms with Crippen molar-refractivity contribution in [2.45, 2.75) is 37.7 Å². The minimum atomic E-state index is -0.993. The first-order chi connectivity index (χ1) is 8.11. The molecule has 1 aromatic heterocycles. The molecule has 1 saturated heterocycles. The van der Waals surface area contributed by atoms with Gasteiger partial charge in [0.15, 0.2) is 5.82 Å². The van der Waals surface area contributed by atoms with Crippen LogP contribution in [0.15, 0.2) is 4.52 Å². The highest BCUT2D eigenvalue weighted by molar-refractivity contribution is 4.98. The van der Waals surface area contributed by atoms with Crippen molar-refractivity contribution in [2.75, 3.05) is 19.8 Å². The highest BCUT2D eigenvalue weighted by Gasteiger charge is 2.25. The van der Waals surface area contributed by atoms with Crippen LogP contribution in [-0.2, 0) is 11.2 Å². The molecule has 0 saturated carbocycles. The summed E-state index contributed by atoms with van der Waals surface area (Å²) in [6.07, 6.45) is 2.32. The van der Waals surface area contributed by atoms with Crippen LogP contribution >= 0.6 is 0 Å². The van der Waals surface area contributed by atoms with E-state index in [4.69, 9.17) is 15.0 Å². The van der Waals surface area contributed by atoms with Gasteiger partial charge in [0.25, 0.3) is 0 Å². The van der Waals surface area contributed by atoms with Crippen molar-refractivity contribution in [3.63, 3.8) is 0 Å². The first-order valence-corrected chi connectivity index (χ1v) is 5.93. The summed E-state index contributed by atoms with van der Waals surface area (Å²) in [6, 6.07) is 0. The maximum atomic E-state index is 9.82. The maximum absolute atomic E-state index is 9.82. The predicted octanol–water partition coefficient (Wildman–Crippen LogP) is 0.216. The van der Waals surface area contributed by atoms with Crippen molar-refractivity contribution < 1.29 is 14.4 Å². The first-order valence-electron chi connectivity index (χ1n) is 5.93. The van der Waals surface area contributed by atoms with Crippen molar-refractivity contribution in [3.05, 3.63) is 11.7 Å². The van der Waals surface area contributed by atoms with Gasteiger partial charge in [-0.25, -0.2) is 0 Å². The van der Waals surface area contributed by atoms with E-state index >= 15 is 0 Å². The lowest BCUT2D eigenvalue weighted by Gasteiger charge is -2.19. The third kappa shape index (κ3) is 3.24. The third-order valence-corrected chi connectivity index (χ3v) is 2.98. The number of hydrogen-bond acceptors (Lipinski definition) is 6.